The molecule has 3 aliphatic rings. The predicted octanol–water partition coefficient (Wildman–Crippen LogP) is 1.42. The van der Waals surface area contributed by atoms with Gasteiger partial charge in [0.15, 0.2) is 0 Å². The van der Waals surface area contributed by atoms with Gasteiger partial charge in [-0.15, -0.1) is 0 Å². The molecule has 2 unspecified atom stereocenters. The van der Waals surface area contributed by atoms with E-state index in [1.54, 1.807) is 0 Å². The molecule has 190 valence electrons. The third-order valence-electron chi connectivity index (χ3n) is 6.99. The van der Waals surface area contributed by atoms with Crippen LogP contribution in [0.15, 0.2) is 4.99 Å². The molecule has 2 aliphatic heterocycles. The lowest BCUT2D eigenvalue weighted by molar-refractivity contribution is -0.123. The standard InChI is InChI=1S/C24H41N7O3/c1-18(2)14-20(27-23(28-22(26)33)31-10-12-34-13-11-31)21(32)29-24(16-25)8-9-30(17-24)15-19-6-4-3-5-7-19/h18-20H,3-15,17H2,1-2H3,(H,29,32)(H3,26,27,28,33). The normalized spacial score (nSPS) is 25.7. The Morgan fingerprint density at radius 2 is 1.91 bits per heavy atom. The lowest BCUT2D eigenvalue weighted by Crippen LogP contribution is -2.54. The molecule has 2 atom stereocenters. The molecule has 4 N–H and O–H groups in total. The second-order valence-corrected chi connectivity index (χ2v) is 10.4. The van der Waals surface area contributed by atoms with E-state index in [2.05, 4.69) is 26.6 Å². The lowest BCUT2D eigenvalue weighted by atomic mass is 9.89. The van der Waals surface area contributed by atoms with Crippen LogP contribution in [0.25, 0.3) is 0 Å². The van der Waals surface area contributed by atoms with E-state index in [0.717, 1.165) is 13.1 Å². The molecule has 2 heterocycles. The van der Waals surface area contributed by atoms with E-state index in [1.807, 2.05) is 18.7 Å². The summed E-state index contributed by atoms with van der Waals surface area (Å²) in [4.78, 5) is 33.9. The Kier molecular flexibility index (Phi) is 9.54. The highest BCUT2D eigenvalue weighted by atomic mass is 16.5. The van der Waals surface area contributed by atoms with Gasteiger partial charge in [0.2, 0.25) is 11.9 Å². The summed E-state index contributed by atoms with van der Waals surface area (Å²) in [5.74, 6) is 0.886. The molecular weight excluding hydrogens is 434 g/mol. The van der Waals surface area contributed by atoms with Crippen molar-refractivity contribution < 1.29 is 14.3 Å². The number of primary amides is 1. The zero-order valence-corrected chi connectivity index (χ0v) is 20.7. The van der Waals surface area contributed by atoms with E-state index < -0.39 is 17.6 Å². The molecule has 0 radical (unpaired) electrons. The number of nitrogens with one attached hydrogen (secondary N) is 2. The van der Waals surface area contributed by atoms with Gasteiger partial charge >= 0.3 is 6.03 Å². The van der Waals surface area contributed by atoms with Crippen LogP contribution in [0.2, 0.25) is 0 Å². The van der Waals surface area contributed by atoms with Gasteiger partial charge in [-0.2, -0.15) is 5.26 Å². The van der Waals surface area contributed by atoms with Gasteiger partial charge < -0.3 is 20.7 Å². The van der Waals surface area contributed by atoms with E-state index in [0.29, 0.717) is 51.6 Å². The summed E-state index contributed by atoms with van der Waals surface area (Å²) < 4.78 is 5.39. The van der Waals surface area contributed by atoms with Gasteiger partial charge in [0, 0.05) is 32.7 Å². The molecule has 3 amide bonds. The Balaban J connectivity index is 1.71. The SMILES string of the molecule is CC(C)CC(N=C(NC(N)=O)N1CCOCC1)C(=O)NC1(C#N)CCN(CC2CCCCC2)C1. The molecule has 1 saturated carbocycles. The molecule has 3 rings (SSSR count). The number of nitrogens with two attached hydrogens (primary N) is 1. The Morgan fingerprint density at radius 1 is 1.21 bits per heavy atom. The van der Waals surface area contributed by atoms with Gasteiger partial charge in [0.25, 0.3) is 0 Å². The van der Waals surface area contributed by atoms with Crippen molar-refractivity contribution in [3.05, 3.63) is 0 Å². The number of ether oxygens (including phenoxy) is 1. The first-order valence-corrected chi connectivity index (χ1v) is 12.7. The summed E-state index contributed by atoms with van der Waals surface area (Å²) in [6, 6.07) is 0.935. The maximum atomic E-state index is 13.4. The third kappa shape index (κ3) is 7.57. The van der Waals surface area contributed by atoms with Crippen molar-refractivity contribution in [2.75, 3.05) is 45.9 Å². The number of amides is 3. The Bertz CT molecular complexity index is 769. The van der Waals surface area contributed by atoms with Crippen LogP contribution in [0.1, 0.15) is 58.8 Å². The monoisotopic (exact) mass is 475 g/mol. The molecule has 0 spiro atoms. The van der Waals surface area contributed by atoms with Gasteiger partial charge in [-0.25, -0.2) is 9.79 Å². The maximum absolute atomic E-state index is 13.4. The minimum atomic E-state index is -0.910. The lowest BCUT2D eigenvalue weighted by Gasteiger charge is -2.31. The number of hydrogen-bond donors (Lipinski definition) is 3. The quantitative estimate of drug-likeness (QED) is 0.376. The van der Waals surface area contributed by atoms with Crippen LogP contribution in [0.3, 0.4) is 0 Å². The summed E-state index contributed by atoms with van der Waals surface area (Å²) in [5.41, 5.74) is 4.47. The van der Waals surface area contributed by atoms with Gasteiger partial charge in [0.1, 0.15) is 11.6 Å². The van der Waals surface area contributed by atoms with Crippen molar-refractivity contribution in [1.29, 1.82) is 5.26 Å². The molecule has 0 bridgehead atoms. The van der Waals surface area contributed by atoms with Crippen LogP contribution in [-0.4, -0.2) is 85.2 Å². The summed E-state index contributed by atoms with van der Waals surface area (Å²) in [6.45, 7) is 8.51. The number of nitrogens with zero attached hydrogens (tertiary/aromatic N) is 4. The highest BCUT2D eigenvalue weighted by molar-refractivity contribution is 5.97. The number of rotatable bonds is 7. The highest BCUT2D eigenvalue weighted by Gasteiger charge is 2.41. The van der Waals surface area contributed by atoms with Gasteiger partial charge in [-0.3, -0.25) is 15.0 Å². The second-order valence-electron chi connectivity index (χ2n) is 10.4. The highest BCUT2D eigenvalue weighted by Crippen LogP contribution is 2.28. The number of hydrogen-bond acceptors (Lipinski definition) is 6. The maximum Gasteiger partial charge on any atom is 0.318 e. The van der Waals surface area contributed by atoms with Crippen molar-refractivity contribution >= 4 is 17.9 Å². The zero-order chi connectivity index (χ0) is 24.6. The number of carbonyl (C=O) groups is 2. The van der Waals surface area contributed by atoms with Crippen LogP contribution >= 0.6 is 0 Å². The van der Waals surface area contributed by atoms with E-state index >= 15 is 0 Å². The molecule has 34 heavy (non-hydrogen) atoms. The first kappa shape index (κ1) is 26.2. The minimum Gasteiger partial charge on any atom is -0.378 e. The van der Waals surface area contributed by atoms with Crippen molar-refractivity contribution in [2.45, 2.75) is 70.4 Å². The zero-order valence-electron chi connectivity index (χ0n) is 20.7. The van der Waals surface area contributed by atoms with Gasteiger partial charge in [0.05, 0.1) is 19.3 Å². The molecule has 10 nitrogen and oxygen atoms in total. The number of guanidine groups is 1. The summed E-state index contributed by atoms with van der Waals surface area (Å²) in [7, 11) is 0. The number of morpholine rings is 1. The largest absolute Gasteiger partial charge is 0.378 e. The third-order valence-corrected chi connectivity index (χ3v) is 6.99. The number of nitriles is 1. The topological polar surface area (TPSA) is 136 Å². The molecule has 0 aromatic rings. The Morgan fingerprint density at radius 3 is 2.53 bits per heavy atom. The molecule has 1 aliphatic carbocycles. The fourth-order valence-corrected chi connectivity index (χ4v) is 5.21. The van der Waals surface area contributed by atoms with Crippen LogP contribution in [0.4, 0.5) is 4.79 Å². The first-order valence-electron chi connectivity index (χ1n) is 12.7. The molecule has 10 heteroatoms. The van der Waals surface area contributed by atoms with E-state index in [1.165, 1.54) is 32.1 Å². The number of aliphatic imine (C=N–C) groups is 1. The average Bonchev–Trinajstić information content (AvgIpc) is 3.21. The number of likely N-dealkylation sites (tertiary alicyclic amines) is 1. The van der Waals surface area contributed by atoms with E-state index in [4.69, 9.17) is 10.5 Å². The molecule has 0 aromatic carbocycles. The van der Waals surface area contributed by atoms with Crippen LogP contribution < -0.4 is 16.4 Å². The van der Waals surface area contributed by atoms with Crippen molar-refractivity contribution in [3.8, 4) is 6.07 Å². The van der Waals surface area contributed by atoms with Crippen molar-refractivity contribution in [2.24, 2.45) is 22.6 Å². The fraction of sp³-hybridized carbons (Fsp3) is 0.833. The second kappa shape index (κ2) is 12.4. The van der Waals surface area contributed by atoms with Crippen LogP contribution in [0.5, 0.6) is 0 Å². The van der Waals surface area contributed by atoms with E-state index in [9.17, 15) is 14.9 Å². The average molecular weight is 476 g/mol. The minimum absolute atomic E-state index is 0.198. The van der Waals surface area contributed by atoms with E-state index in [-0.39, 0.29) is 17.8 Å². The fourth-order valence-electron chi connectivity index (χ4n) is 5.21. The predicted molar refractivity (Wildman–Crippen MR) is 130 cm³/mol. The van der Waals surface area contributed by atoms with Crippen molar-refractivity contribution in [1.82, 2.24) is 20.4 Å². The molecule has 2 saturated heterocycles. The summed E-state index contributed by atoms with van der Waals surface area (Å²) >= 11 is 0. The summed E-state index contributed by atoms with van der Waals surface area (Å²) in [6.07, 6.45) is 7.51. The number of urea groups is 1. The number of carbonyl (C=O) groups excluding carboxylic acids is 2. The van der Waals surface area contributed by atoms with Crippen LogP contribution in [-0.2, 0) is 9.53 Å². The molecular formula is C24H41N7O3. The molecule has 0 aromatic heterocycles. The Hall–Kier alpha value is -2.38. The van der Waals surface area contributed by atoms with Crippen LogP contribution in [0, 0.1) is 23.2 Å². The first-order chi connectivity index (χ1) is 16.3. The molecule has 3 fully saturated rings. The van der Waals surface area contributed by atoms with Crippen molar-refractivity contribution in [3.63, 3.8) is 0 Å². The Labute approximate surface area is 203 Å². The summed E-state index contributed by atoms with van der Waals surface area (Å²) in [5, 5.41) is 15.7. The van der Waals surface area contributed by atoms with Gasteiger partial charge in [-0.1, -0.05) is 33.1 Å². The smallest absolute Gasteiger partial charge is 0.318 e. The van der Waals surface area contributed by atoms with Gasteiger partial charge in [-0.05, 0) is 37.5 Å².